The number of carbonyl (C=O) groups excluding carboxylic acids is 2. The Hall–Kier alpha value is -4.66. The van der Waals surface area contributed by atoms with Crippen molar-refractivity contribution in [2.24, 2.45) is 5.10 Å². The standard InChI is InChI=1S/C24H20N4O5/c1-15(10-18-11-21-22(12-19(18)25)32-14-31-21)24(30)33-20-5-3-2-4-17(20)13-27-28-23(29)16-6-8-26-9-7-16/h2-13H,14,25H2,1H3,(H,28,29)/b15-10+,27-13+. The molecule has 1 aliphatic rings. The minimum atomic E-state index is -0.561. The highest BCUT2D eigenvalue weighted by atomic mass is 16.7. The minimum absolute atomic E-state index is 0.129. The predicted octanol–water partition coefficient (Wildman–Crippen LogP) is 3.17. The van der Waals surface area contributed by atoms with Crippen LogP contribution in [0.15, 0.2) is 71.6 Å². The van der Waals surface area contributed by atoms with Gasteiger partial charge < -0.3 is 19.9 Å². The van der Waals surface area contributed by atoms with E-state index in [1.807, 2.05) is 0 Å². The van der Waals surface area contributed by atoms with Crippen molar-refractivity contribution >= 4 is 29.9 Å². The zero-order valence-electron chi connectivity index (χ0n) is 17.6. The molecule has 0 unspecified atom stereocenters. The first-order chi connectivity index (χ1) is 16.0. The van der Waals surface area contributed by atoms with Crippen LogP contribution in [0.4, 0.5) is 5.69 Å². The van der Waals surface area contributed by atoms with E-state index in [-0.39, 0.29) is 18.4 Å². The summed E-state index contributed by atoms with van der Waals surface area (Å²) in [5, 5.41) is 3.95. The number of amides is 1. The summed E-state index contributed by atoms with van der Waals surface area (Å²) in [4.78, 5) is 28.6. The Kier molecular flexibility index (Phi) is 6.31. The van der Waals surface area contributed by atoms with E-state index in [1.165, 1.54) is 18.6 Å². The van der Waals surface area contributed by atoms with E-state index in [4.69, 9.17) is 19.9 Å². The van der Waals surface area contributed by atoms with Gasteiger partial charge in [0.2, 0.25) is 6.79 Å². The Balaban J connectivity index is 1.45. The van der Waals surface area contributed by atoms with Gasteiger partial charge in [-0.3, -0.25) is 9.78 Å². The van der Waals surface area contributed by atoms with Crippen LogP contribution in [0.25, 0.3) is 6.08 Å². The lowest BCUT2D eigenvalue weighted by molar-refractivity contribution is -0.130. The molecule has 0 bridgehead atoms. The number of ether oxygens (including phenoxy) is 3. The number of rotatable bonds is 6. The van der Waals surface area contributed by atoms with Crippen molar-refractivity contribution in [1.29, 1.82) is 0 Å². The number of nitrogens with two attached hydrogens (primary N) is 1. The first-order valence-electron chi connectivity index (χ1n) is 9.93. The molecule has 9 nitrogen and oxygen atoms in total. The van der Waals surface area contributed by atoms with Crippen LogP contribution in [0.5, 0.6) is 17.2 Å². The molecule has 1 aromatic heterocycles. The van der Waals surface area contributed by atoms with Crippen molar-refractivity contribution in [2.45, 2.75) is 6.92 Å². The normalized spacial score (nSPS) is 12.6. The second-order valence-corrected chi connectivity index (χ2v) is 7.02. The number of nitrogens with one attached hydrogen (secondary N) is 1. The molecule has 3 aromatic rings. The zero-order chi connectivity index (χ0) is 23.2. The molecule has 2 heterocycles. The summed E-state index contributed by atoms with van der Waals surface area (Å²) in [5.41, 5.74) is 10.8. The second-order valence-electron chi connectivity index (χ2n) is 7.02. The molecule has 0 fully saturated rings. The summed E-state index contributed by atoms with van der Waals surface area (Å²) < 4.78 is 16.2. The molecule has 166 valence electrons. The molecule has 3 N–H and O–H groups in total. The van der Waals surface area contributed by atoms with Gasteiger partial charge >= 0.3 is 5.97 Å². The maximum Gasteiger partial charge on any atom is 0.339 e. The highest BCUT2D eigenvalue weighted by molar-refractivity contribution is 5.97. The number of fused-ring (bicyclic) bond motifs is 1. The van der Waals surface area contributed by atoms with Crippen LogP contribution >= 0.6 is 0 Å². The number of para-hydroxylation sites is 1. The second kappa shape index (κ2) is 9.65. The first-order valence-corrected chi connectivity index (χ1v) is 9.93. The van der Waals surface area contributed by atoms with Gasteiger partial charge in [0.25, 0.3) is 5.91 Å². The summed E-state index contributed by atoms with van der Waals surface area (Å²) in [5.74, 6) is 0.467. The van der Waals surface area contributed by atoms with Crippen molar-refractivity contribution in [1.82, 2.24) is 10.4 Å². The summed E-state index contributed by atoms with van der Waals surface area (Å²) in [6.07, 6.45) is 6.04. The van der Waals surface area contributed by atoms with Crippen molar-refractivity contribution in [3.63, 3.8) is 0 Å². The number of benzene rings is 2. The fraction of sp³-hybridized carbons (Fsp3) is 0.0833. The van der Waals surface area contributed by atoms with Crippen LogP contribution in [-0.4, -0.2) is 29.9 Å². The van der Waals surface area contributed by atoms with Gasteiger partial charge in [0.15, 0.2) is 11.5 Å². The zero-order valence-corrected chi connectivity index (χ0v) is 17.6. The molecule has 0 saturated carbocycles. The van der Waals surface area contributed by atoms with E-state index >= 15 is 0 Å². The van der Waals surface area contributed by atoms with E-state index in [0.717, 1.165) is 0 Å². The number of carbonyl (C=O) groups is 2. The number of pyridine rings is 1. The largest absolute Gasteiger partial charge is 0.454 e. The third-order valence-electron chi connectivity index (χ3n) is 4.71. The molecule has 0 radical (unpaired) electrons. The number of hydrogen-bond donors (Lipinski definition) is 2. The van der Waals surface area contributed by atoms with Crippen LogP contribution in [0.2, 0.25) is 0 Å². The van der Waals surface area contributed by atoms with Crippen molar-refractivity contribution in [3.8, 4) is 17.2 Å². The molecular weight excluding hydrogens is 424 g/mol. The highest BCUT2D eigenvalue weighted by Gasteiger charge is 2.17. The van der Waals surface area contributed by atoms with Gasteiger partial charge in [0, 0.05) is 46.4 Å². The SMILES string of the molecule is C/C(=C\c1cc2c(cc1N)OCO2)C(=O)Oc1ccccc1/C=N/NC(=O)c1ccncc1. The van der Waals surface area contributed by atoms with Crippen LogP contribution in [-0.2, 0) is 4.79 Å². The maximum absolute atomic E-state index is 12.7. The van der Waals surface area contributed by atoms with Gasteiger partial charge in [-0.25, -0.2) is 10.2 Å². The number of anilines is 1. The fourth-order valence-electron chi connectivity index (χ4n) is 2.98. The molecule has 1 aliphatic heterocycles. The van der Waals surface area contributed by atoms with Gasteiger partial charge in [-0.05, 0) is 43.3 Å². The number of esters is 1. The molecule has 1 amide bonds. The van der Waals surface area contributed by atoms with E-state index in [1.54, 1.807) is 61.5 Å². The first kappa shape index (κ1) is 21.6. The topological polar surface area (TPSA) is 125 Å². The van der Waals surface area contributed by atoms with Crippen molar-refractivity contribution in [3.05, 3.63) is 83.2 Å². The molecular formula is C24H20N4O5. The van der Waals surface area contributed by atoms with Gasteiger partial charge in [0.1, 0.15) is 5.75 Å². The number of nitrogen functional groups attached to an aromatic ring is 1. The molecule has 33 heavy (non-hydrogen) atoms. The third kappa shape index (κ3) is 5.16. The third-order valence-corrected chi connectivity index (χ3v) is 4.71. The van der Waals surface area contributed by atoms with Crippen molar-refractivity contribution in [2.75, 3.05) is 12.5 Å². The van der Waals surface area contributed by atoms with Crippen LogP contribution < -0.4 is 25.4 Å². The average Bonchev–Trinajstić information content (AvgIpc) is 3.27. The molecule has 0 aliphatic carbocycles. The average molecular weight is 444 g/mol. The molecule has 0 saturated heterocycles. The van der Waals surface area contributed by atoms with Crippen LogP contribution in [0.3, 0.4) is 0 Å². The van der Waals surface area contributed by atoms with Gasteiger partial charge in [-0.1, -0.05) is 12.1 Å². The molecule has 0 atom stereocenters. The summed E-state index contributed by atoms with van der Waals surface area (Å²) in [6.45, 7) is 1.75. The molecule has 9 heteroatoms. The van der Waals surface area contributed by atoms with Crippen LogP contribution in [0.1, 0.15) is 28.4 Å². The summed E-state index contributed by atoms with van der Waals surface area (Å²) >= 11 is 0. The van der Waals surface area contributed by atoms with E-state index in [0.29, 0.717) is 39.4 Å². The van der Waals surface area contributed by atoms with Crippen molar-refractivity contribution < 1.29 is 23.8 Å². The monoisotopic (exact) mass is 444 g/mol. The minimum Gasteiger partial charge on any atom is -0.454 e. The van der Waals surface area contributed by atoms with E-state index < -0.39 is 5.97 Å². The quantitative estimate of drug-likeness (QED) is 0.149. The lowest BCUT2D eigenvalue weighted by Crippen LogP contribution is -2.17. The number of nitrogens with zero attached hydrogens (tertiary/aromatic N) is 2. The molecule has 0 spiro atoms. The Labute approximate surface area is 189 Å². The Morgan fingerprint density at radius 3 is 2.61 bits per heavy atom. The summed E-state index contributed by atoms with van der Waals surface area (Å²) in [6, 6.07) is 13.3. The molecule has 4 rings (SSSR count). The number of hydrogen-bond acceptors (Lipinski definition) is 8. The van der Waals surface area contributed by atoms with Crippen LogP contribution in [0, 0.1) is 0 Å². The Bertz CT molecular complexity index is 1250. The molecule has 2 aromatic carbocycles. The van der Waals surface area contributed by atoms with E-state index in [2.05, 4.69) is 15.5 Å². The maximum atomic E-state index is 12.7. The van der Waals surface area contributed by atoms with Gasteiger partial charge in [-0.15, -0.1) is 0 Å². The predicted molar refractivity (Wildman–Crippen MR) is 122 cm³/mol. The van der Waals surface area contributed by atoms with E-state index in [9.17, 15) is 9.59 Å². The Morgan fingerprint density at radius 2 is 1.82 bits per heavy atom. The number of aromatic nitrogens is 1. The fourth-order valence-corrected chi connectivity index (χ4v) is 2.98. The lowest BCUT2D eigenvalue weighted by atomic mass is 10.1. The lowest BCUT2D eigenvalue weighted by Gasteiger charge is -2.08. The Morgan fingerprint density at radius 1 is 1.09 bits per heavy atom. The summed E-state index contributed by atoms with van der Waals surface area (Å²) in [7, 11) is 0. The highest BCUT2D eigenvalue weighted by Crippen LogP contribution is 2.36. The smallest absolute Gasteiger partial charge is 0.339 e. The van der Waals surface area contributed by atoms with Gasteiger partial charge in [0.05, 0.1) is 6.21 Å². The number of hydrazone groups is 1. The van der Waals surface area contributed by atoms with Gasteiger partial charge in [-0.2, -0.15) is 5.10 Å².